The Hall–Kier alpha value is 0.259. The molecule has 0 aromatic heterocycles. The van der Waals surface area contributed by atoms with E-state index in [1.54, 1.807) is 0 Å². The number of benzene rings is 1. The summed E-state index contributed by atoms with van der Waals surface area (Å²) in [5.74, 6) is 0. The molecule has 0 aliphatic carbocycles. The van der Waals surface area contributed by atoms with E-state index in [1.165, 1.54) is 39.7 Å². The maximum atomic E-state index is 2.29. The molecule has 0 radical (unpaired) electrons. The van der Waals surface area contributed by atoms with Crippen LogP contribution in [-0.2, 0) is 5.32 Å². The summed E-state index contributed by atoms with van der Waals surface area (Å²) in [7, 11) is 0. The zero-order valence-corrected chi connectivity index (χ0v) is 12.9. The molecule has 0 aliphatic heterocycles. The molecule has 0 N–H and O–H groups in total. The average molecular weight is 334 g/mol. The average Bonchev–Trinajstić information content (AvgIpc) is 2.29. The molecule has 2 heteroatoms. The van der Waals surface area contributed by atoms with Crippen molar-refractivity contribution in [2.24, 2.45) is 0 Å². The second kappa shape index (κ2) is 9.48. The van der Waals surface area contributed by atoms with Crippen LogP contribution in [0.2, 0.25) is 16.0 Å². The van der Waals surface area contributed by atoms with Crippen molar-refractivity contribution in [1.29, 1.82) is 0 Å². The Kier molecular flexibility index (Phi) is 8.42. The molecule has 1 aromatic carbocycles. The monoisotopic (exact) mass is 336 g/mol. The van der Waals surface area contributed by atoms with Crippen LogP contribution in [-0.4, -0.2) is 29.9 Å². The van der Waals surface area contributed by atoms with Crippen LogP contribution < -0.4 is 0 Å². The standard InChI is InChI=1S/C13H20Se2/c1-2-9-14-10-6-11-15-12-13-7-4-3-5-8-13/h3-5,7-8H,2,6,9-12H2,1H3. The van der Waals surface area contributed by atoms with Gasteiger partial charge in [0.15, 0.2) is 0 Å². The Morgan fingerprint density at radius 1 is 0.933 bits per heavy atom. The second-order valence-electron chi connectivity index (χ2n) is 3.50. The molecule has 0 amide bonds. The molecule has 15 heavy (non-hydrogen) atoms. The Bertz CT molecular complexity index is 234. The number of rotatable bonds is 8. The van der Waals surface area contributed by atoms with Crippen LogP contribution in [0, 0.1) is 0 Å². The van der Waals surface area contributed by atoms with Gasteiger partial charge in [-0.25, -0.2) is 0 Å². The first kappa shape index (κ1) is 13.3. The fourth-order valence-electron chi connectivity index (χ4n) is 1.27. The molecule has 0 atom stereocenters. The molecule has 0 heterocycles. The molecule has 0 aliphatic rings. The first-order valence-corrected chi connectivity index (χ1v) is 10.5. The van der Waals surface area contributed by atoms with Gasteiger partial charge in [-0.15, -0.1) is 0 Å². The summed E-state index contributed by atoms with van der Waals surface area (Å²) < 4.78 is 0. The summed E-state index contributed by atoms with van der Waals surface area (Å²) in [6.07, 6.45) is 2.86. The van der Waals surface area contributed by atoms with Gasteiger partial charge < -0.3 is 0 Å². The van der Waals surface area contributed by atoms with Crippen LogP contribution in [0.4, 0.5) is 0 Å². The van der Waals surface area contributed by atoms with Gasteiger partial charge >= 0.3 is 107 Å². The van der Waals surface area contributed by atoms with Crippen LogP contribution >= 0.6 is 0 Å². The molecule has 0 unspecified atom stereocenters. The molecule has 0 fully saturated rings. The first-order chi connectivity index (χ1) is 7.43. The molecule has 0 bridgehead atoms. The van der Waals surface area contributed by atoms with E-state index in [0.717, 1.165) is 29.9 Å². The van der Waals surface area contributed by atoms with Crippen molar-refractivity contribution in [3.05, 3.63) is 35.9 Å². The van der Waals surface area contributed by atoms with Crippen LogP contribution in [0.5, 0.6) is 0 Å². The van der Waals surface area contributed by atoms with E-state index in [-0.39, 0.29) is 0 Å². The minimum atomic E-state index is 0.837. The van der Waals surface area contributed by atoms with E-state index in [0.29, 0.717) is 0 Å². The third kappa shape index (κ3) is 7.19. The molecule has 1 aromatic rings. The zero-order valence-electron chi connectivity index (χ0n) is 9.45. The summed E-state index contributed by atoms with van der Waals surface area (Å²) in [5.41, 5.74) is 1.52. The van der Waals surface area contributed by atoms with E-state index < -0.39 is 0 Å². The van der Waals surface area contributed by atoms with Crippen LogP contribution in [0.25, 0.3) is 0 Å². The molecular formula is C13H20Se2. The molecule has 0 saturated carbocycles. The maximum absolute atomic E-state index is 2.29. The predicted molar refractivity (Wildman–Crippen MR) is 71.0 cm³/mol. The van der Waals surface area contributed by atoms with Gasteiger partial charge in [-0.05, 0) is 0 Å². The van der Waals surface area contributed by atoms with E-state index >= 15 is 0 Å². The van der Waals surface area contributed by atoms with Crippen molar-refractivity contribution in [3.8, 4) is 0 Å². The van der Waals surface area contributed by atoms with Crippen LogP contribution in [0.1, 0.15) is 25.3 Å². The summed E-state index contributed by atoms with van der Waals surface area (Å²) in [4.78, 5) is 0. The fraction of sp³-hybridized carbons (Fsp3) is 0.538. The van der Waals surface area contributed by atoms with Crippen molar-refractivity contribution < 1.29 is 0 Å². The normalized spacial score (nSPS) is 10.5. The van der Waals surface area contributed by atoms with Crippen molar-refractivity contribution >= 4 is 29.9 Å². The Morgan fingerprint density at radius 2 is 1.67 bits per heavy atom. The summed E-state index contributed by atoms with van der Waals surface area (Å²) >= 11 is 1.78. The van der Waals surface area contributed by atoms with E-state index in [9.17, 15) is 0 Å². The molecular weight excluding hydrogens is 314 g/mol. The Labute approximate surface area is 107 Å². The van der Waals surface area contributed by atoms with Gasteiger partial charge in [0.05, 0.1) is 0 Å². The van der Waals surface area contributed by atoms with Gasteiger partial charge in [0.2, 0.25) is 0 Å². The summed E-state index contributed by atoms with van der Waals surface area (Å²) in [5, 5.41) is 5.80. The SMILES string of the molecule is CCC[Se]CCC[Se]Cc1ccccc1. The van der Waals surface area contributed by atoms with E-state index in [1.807, 2.05) is 0 Å². The van der Waals surface area contributed by atoms with E-state index in [2.05, 4.69) is 37.3 Å². The van der Waals surface area contributed by atoms with Gasteiger partial charge in [0.1, 0.15) is 0 Å². The number of hydrogen-bond donors (Lipinski definition) is 0. The van der Waals surface area contributed by atoms with Crippen LogP contribution in [0.3, 0.4) is 0 Å². The quantitative estimate of drug-likeness (QED) is 0.503. The molecule has 1 rings (SSSR count). The Balaban J connectivity index is 1.93. The third-order valence-electron chi connectivity index (χ3n) is 2.04. The Morgan fingerprint density at radius 3 is 2.40 bits per heavy atom. The summed E-state index contributed by atoms with van der Waals surface area (Å²) in [6.45, 7) is 2.29. The van der Waals surface area contributed by atoms with Crippen LogP contribution in [0.15, 0.2) is 30.3 Å². The number of hydrogen-bond acceptors (Lipinski definition) is 0. The van der Waals surface area contributed by atoms with Gasteiger partial charge in [-0.3, -0.25) is 0 Å². The van der Waals surface area contributed by atoms with Gasteiger partial charge in [-0.1, -0.05) is 0 Å². The minimum absolute atomic E-state index is 0.837. The predicted octanol–water partition coefficient (Wildman–Crippen LogP) is 3.65. The third-order valence-corrected chi connectivity index (χ3v) is 7.05. The van der Waals surface area contributed by atoms with Crippen molar-refractivity contribution in [2.45, 2.75) is 41.0 Å². The second-order valence-corrected chi connectivity index (χ2v) is 8.39. The van der Waals surface area contributed by atoms with Crippen molar-refractivity contribution in [3.63, 3.8) is 0 Å². The zero-order chi connectivity index (χ0) is 10.8. The topological polar surface area (TPSA) is 0 Å². The summed E-state index contributed by atoms with van der Waals surface area (Å²) in [6, 6.07) is 10.9. The van der Waals surface area contributed by atoms with Crippen molar-refractivity contribution in [1.82, 2.24) is 0 Å². The molecule has 0 nitrogen and oxygen atoms in total. The van der Waals surface area contributed by atoms with Crippen molar-refractivity contribution in [2.75, 3.05) is 0 Å². The first-order valence-electron chi connectivity index (χ1n) is 5.63. The molecule has 0 saturated heterocycles. The fourth-order valence-corrected chi connectivity index (χ4v) is 5.90. The molecule has 0 spiro atoms. The van der Waals surface area contributed by atoms with Gasteiger partial charge in [0.25, 0.3) is 0 Å². The van der Waals surface area contributed by atoms with E-state index in [4.69, 9.17) is 0 Å². The van der Waals surface area contributed by atoms with Gasteiger partial charge in [-0.2, -0.15) is 0 Å². The molecule has 84 valence electrons. The van der Waals surface area contributed by atoms with Gasteiger partial charge in [0, 0.05) is 0 Å².